The lowest BCUT2D eigenvalue weighted by atomic mass is 10.1. The van der Waals surface area contributed by atoms with Gasteiger partial charge in [-0.2, -0.15) is 0 Å². The van der Waals surface area contributed by atoms with E-state index < -0.39 is 12.1 Å². The second kappa shape index (κ2) is 9.92. The van der Waals surface area contributed by atoms with Crippen LogP contribution in [0.25, 0.3) is 10.9 Å². The molecule has 0 saturated heterocycles. The maximum atomic E-state index is 12.2. The number of aromatic nitrogens is 1. The van der Waals surface area contributed by atoms with Gasteiger partial charge in [-0.25, -0.2) is 9.59 Å². The molecule has 7 heteroatoms. The van der Waals surface area contributed by atoms with Gasteiger partial charge in [-0.1, -0.05) is 24.3 Å². The van der Waals surface area contributed by atoms with Crippen molar-refractivity contribution < 1.29 is 23.8 Å². The van der Waals surface area contributed by atoms with Gasteiger partial charge in [0.1, 0.15) is 12.4 Å². The van der Waals surface area contributed by atoms with E-state index in [1.807, 2.05) is 32.0 Å². The summed E-state index contributed by atoms with van der Waals surface area (Å²) in [6, 6.07) is 10.8. The molecule has 1 aromatic heterocycles. The number of nitrogens with zero attached hydrogens (tertiary/aromatic N) is 1. The van der Waals surface area contributed by atoms with Crippen molar-refractivity contribution in [1.82, 2.24) is 4.57 Å². The van der Waals surface area contributed by atoms with Crippen molar-refractivity contribution in [3.8, 4) is 5.75 Å². The molecule has 0 amide bonds. The van der Waals surface area contributed by atoms with Crippen LogP contribution in [0.4, 0.5) is 0 Å². The van der Waals surface area contributed by atoms with Gasteiger partial charge in [-0.3, -0.25) is 0 Å². The van der Waals surface area contributed by atoms with E-state index >= 15 is 0 Å². The highest BCUT2D eigenvalue weighted by atomic mass is 35.5. The summed E-state index contributed by atoms with van der Waals surface area (Å²) in [5.74, 6) is -0.309. The quantitative estimate of drug-likeness (QED) is 0.343. The normalized spacial score (nSPS) is 11.8. The topological polar surface area (TPSA) is 66.8 Å². The third kappa shape index (κ3) is 4.81. The molecule has 2 aromatic carbocycles. The highest BCUT2D eigenvalue weighted by Crippen LogP contribution is 2.30. The molecule has 6 nitrogen and oxygen atoms in total. The molecule has 0 N–H and O–H groups in total. The number of hydrogen-bond acceptors (Lipinski definition) is 5. The van der Waals surface area contributed by atoms with Crippen LogP contribution in [-0.2, 0) is 20.8 Å². The minimum absolute atomic E-state index is 0.168. The molecule has 168 valence electrons. The zero-order valence-corrected chi connectivity index (χ0v) is 19.4. The van der Waals surface area contributed by atoms with Crippen LogP contribution in [0, 0.1) is 13.8 Å². The summed E-state index contributed by atoms with van der Waals surface area (Å²) in [6.07, 6.45) is 0.806. The van der Waals surface area contributed by atoms with E-state index in [1.54, 1.807) is 25.1 Å². The zero-order valence-electron chi connectivity index (χ0n) is 18.6. The molecule has 0 aliphatic carbocycles. The second-order valence-electron chi connectivity index (χ2n) is 7.45. The van der Waals surface area contributed by atoms with Crippen molar-refractivity contribution in [3.05, 3.63) is 76.5 Å². The Morgan fingerprint density at radius 2 is 1.94 bits per heavy atom. The van der Waals surface area contributed by atoms with Gasteiger partial charge in [0.05, 0.1) is 12.7 Å². The Labute approximate surface area is 192 Å². The third-order valence-corrected chi connectivity index (χ3v) is 5.77. The molecule has 1 atom stereocenters. The Morgan fingerprint density at radius 3 is 2.62 bits per heavy atom. The molecular formula is C25H26ClNO5. The van der Waals surface area contributed by atoms with Gasteiger partial charge in [0.25, 0.3) is 0 Å². The number of esters is 2. The summed E-state index contributed by atoms with van der Waals surface area (Å²) in [5, 5.41) is 1.56. The fourth-order valence-corrected chi connectivity index (χ4v) is 3.71. The average Bonchev–Trinajstić information content (AvgIpc) is 3.03. The number of ether oxygens (including phenoxy) is 3. The van der Waals surface area contributed by atoms with Crippen LogP contribution in [0.5, 0.6) is 5.75 Å². The molecule has 0 saturated carbocycles. The van der Waals surface area contributed by atoms with Gasteiger partial charge in [0.2, 0.25) is 0 Å². The molecule has 3 rings (SSSR count). The summed E-state index contributed by atoms with van der Waals surface area (Å²) >= 11 is 6.47. The van der Waals surface area contributed by atoms with E-state index in [9.17, 15) is 9.59 Å². The average molecular weight is 456 g/mol. The minimum Gasteiger partial charge on any atom is -0.479 e. The summed E-state index contributed by atoms with van der Waals surface area (Å²) in [5.41, 5.74) is 4.44. The lowest BCUT2D eigenvalue weighted by Crippen LogP contribution is -2.24. The van der Waals surface area contributed by atoms with E-state index in [2.05, 4.69) is 11.1 Å². The highest BCUT2D eigenvalue weighted by molar-refractivity contribution is 6.31. The van der Waals surface area contributed by atoms with Gasteiger partial charge in [0, 0.05) is 28.2 Å². The zero-order chi connectivity index (χ0) is 23.4. The summed E-state index contributed by atoms with van der Waals surface area (Å²) in [4.78, 5) is 23.9. The fourth-order valence-electron chi connectivity index (χ4n) is 3.53. The molecule has 0 aliphatic heterocycles. The molecule has 0 bridgehead atoms. The van der Waals surface area contributed by atoms with Crippen LogP contribution < -0.4 is 4.74 Å². The Balaban J connectivity index is 1.94. The van der Waals surface area contributed by atoms with Crippen LogP contribution in [0.15, 0.2) is 49.1 Å². The first-order chi connectivity index (χ1) is 15.3. The number of rotatable bonds is 8. The fraction of sp³-hybridized carbons (Fsp3) is 0.280. The van der Waals surface area contributed by atoms with Gasteiger partial charge in [0.15, 0.2) is 6.10 Å². The van der Waals surface area contributed by atoms with E-state index in [4.69, 9.17) is 25.8 Å². The molecule has 1 heterocycles. The standard InChI is InChI=1S/C25H26ClNO5/c1-6-11-31-25(29)18-7-10-23-21(13-18)15(2)16(3)27(23)14-19-12-20(8-9-22(19)26)32-17(4)24(28)30-5/h6-10,12-13,17H,1,11,14H2,2-5H3/t17-/m0/s1. The number of benzene rings is 2. The summed E-state index contributed by atoms with van der Waals surface area (Å²) in [6.45, 7) is 9.91. The van der Waals surface area contributed by atoms with Crippen LogP contribution in [-0.4, -0.2) is 36.3 Å². The number of carbonyl (C=O) groups is 2. The largest absolute Gasteiger partial charge is 0.479 e. The predicted octanol–water partition coefficient (Wildman–Crippen LogP) is 5.24. The van der Waals surface area contributed by atoms with Crippen molar-refractivity contribution in [1.29, 1.82) is 0 Å². The van der Waals surface area contributed by atoms with Crippen LogP contribution in [0.1, 0.15) is 34.1 Å². The van der Waals surface area contributed by atoms with Crippen LogP contribution in [0.3, 0.4) is 0 Å². The molecule has 0 radical (unpaired) electrons. The van der Waals surface area contributed by atoms with E-state index in [0.717, 1.165) is 27.7 Å². The smallest absolute Gasteiger partial charge is 0.346 e. The second-order valence-corrected chi connectivity index (χ2v) is 7.86. The highest BCUT2D eigenvalue weighted by Gasteiger charge is 2.18. The van der Waals surface area contributed by atoms with Crippen LogP contribution >= 0.6 is 11.6 Å². The van der Waals surface area contributed by atoms with Gasteiger partial charge >= 0.3 is 11.9 Å². The monoisotopic (exact) mass is 455 g/mol. The van der Waals surface area contributed by atoms with Crippen molar-refractivity contribution in [2.75, 3.05) is 13.7 Å². The van der Waals surface area contributed by atoms with Crippen molar-refractivity contribution >= 4 is 34.4 Å². The van der Waals surface area contributed by atoms with Crippen molar-refractivity contribution in [3.63, 3.8) is 0 Å². The van der Waals surface area contributed by atoms with Crippen molar-refractivity contribution in [2.45, 2.75) is 33.4 Å². The van der Waals surface area contributed by atoms with Crippen LogP contribution in [0.2, 0.25) is 5.02 Å². The first-order valence-corrected chi connectivity index (χ1v) is 10.5. The number of halogens is 1. The number of fused-ring (bicyclic) bond motifs is 1. The number of aryl methyl sites for hydroxylation is 1. The third-order valence-electron chi connectivity index (χ3n) is 5.40. The summed E-state index contributed by atoms with van der Waals surface area (Å²) < 4.78 is 17.7. The number of hydrogen-bond donors (Lipinski definition) is 0. The first kappa shape index (κ1) is 23.4. The Morgan fingerprint density at radius 1 is 1.19 bits per heavy atom. The predicted molar refractivity (Wildman–Crippen MR) is 125 cm³/mol. The minimum atomic E-state index is -0.732. The molecule has 32 heavy (non-hydrogen) atoms. The van der Waals surface area contributed by atoms with Crippen molar-refractivity contribution in [2.24, 2.45) is 0 Å². The van der Waals surface area contributed by atoms with Gasteiger partial charge in [-0.05, 0) is 68.3 Å². The molecule has 0 spiro atoms. The maximum absolute atomic E-state index is 12.2. The lowest BCUT2D eigenvalue weighted by Gasteiger charge is -2.15. The van der Waals surface area contributed by atoms with Gasteiger partial charge < -0.3 is 18.8 Å². The lowest BCUT2D eigenvalue weighted by molar-refractivity contribution is -0.147. The maximum Gasteiger partial charge on any atom is 0.346 e. The Bertz CT molecular complexity index is 1180. The molecular weight excluding hydrogens is 430 g/mol. The number of carbonyl (C=O) groups excluding carboxylic acids is 2. The van der Waals surface area contributed by atoms with E-state index in [0.29, 0.717) is 22.9 Å². The molecule has 0 aliphatic rings. The molecule has 3 aromatic rings. The summed E-state index contributed by atoms with van der Waals surface area (Å²) in [7, 11) is 1.32. The van der Waals surface area contributed by atoms with Gasteiger partial charge in [-0.15, -0.1) is 0 Å². The van der Waals surface area contributed by atoms with E-state index in [1.165, 1.54) is 13.2 Å². The number of methoxy groups -OCH3 is 1. The first-order valence-electron chi connectivity index (χ1n) is 10.2. The SMILES string of the molecule is C=CCOC(=O)c1ccc2c(c1)c(C)c(C)n2Cc1cc(O[C@@H](C)C(=O)OC)ccc1Cl. The van der Waals surface area contributed by atoms with E-state index in [-0.39, 0.29) is 12.6 Å². The Hall–Kier alpha value is -3.25. The molecule has 0 unspecified atom stereocenters. The Kier molecular flexibility index (Phi) is 7.26. The molecule has 0 fully saturated rings.